The Kier molecular flexibility index (Phi) is 6.27. The largest absolute Gasteiger partial charge is 0.298 e. The molecule has 152 valence electrons. The summed E-state index contributed by atoms with van der Waals surface area (Å²) in [4.78, 5) is 30.5. The van der Waals surface area contributed by atoms with Crippen molar-refractivity contribution < 1.29 is 4.79 Å². The molecule has 29 heavy (non-hydrogen) atoms. The van der Waals surface area contributed by atoms with Crippen LogP contribution in [0.4, 0.5) is 0 Å². The van der Waals surface area contributed by atoms with Crippen molar-refractivity contribution in [2.24, 2.45) is 5.41 Å². The van der Waals surface area contributed by atoms with Crippen molar-refractivity contribution in [1.29, 1.82) is 0 Å². The lowest BCUT2D eigenvalue weighted by Gasteiger charge is -2.18. The zero-order chi connectivity index (χ0) is 21.2. The highest BCUT2D eigenvalue weighted by atomic mass is 32.2. The molecule has 5 heteroatoms. The summed E-state index contributed by atoms with van der Waals surface area (Å²) in [6, 6.07) is 15.4. The highest BCUT2D eigenvalue weighted by molar-refractivity contribution is 7.99. The molecule has 0 amide bonds. The molecule has 0 aliphatic heterocycles. The van der Waals surface area contributed by atoms with Gasteiger partial charge in [-0.2, -0.15) is 0 Å². The van der Waals surface area contributed by atoms with Gasteiger partial charge in [-0.25, -0.2) is 4.98 Å². The second-order valence-electron chi connectivity index (χ2n) is 8.41. The van der Waals surface area contributed by atoms with E-state index < -0.39 is 5.41 Å². The van der Waals surface area contributed by atoms with Gasteiger partial charge in [-0.1, -0.05) is 70.6 Å². The zero-order valence-corrected chi connectivity index (χ0v) is 18.5. The van der Waals surface area contributed by atoms with Gasteiger partial charge in [0.2, 0.25) is 0 Å². The van der Waals surface area contributed by atoms with Gasteiger partial charge in [0.05, 0.1) is 22.3 Å². The van der Waals surface area contributed by atoms with E-state index >= 15 is 0 Å². The molecule has 4 nitrogen and oxygen atoms in total. The molecular weight excluding hydrogens is 380 g/mol. The Hall–Kier alpha value is -2.40. The quantitative estimate of drug-likeness (QED) is 0.393. The minimum Gasteiger partial charge on any atom is -0.298 e. The van der Waals surface area contributed by atoms with Crippen molar-refractivity contribution in [2.75, 3.05) is 5.75 Å². The first-order chi connectivity index (χ1) is 13.7. The Morgan fingerprint density at radius 3 is 2.38 bits per heavy atom. The molecule has 0 bridgehead atoms. The smallest absolute Gasteiger partial charge is 0.266 e. The summed E-state index contributed by atoms with van der Waals surface area (Å²) < 4.78 is 1.63. The summed E-state index contributed by atoms with van der Waals surface area (Å²) in [6.45, 7) is 10.1. The summed E-state index contributed by atoms with van der Waals surface area (Å²) in [5, 5.41) is 1.12. The van der Waals surface area contributed by atoms with E-state index in [2.05, 4.69) is 26.0 Å². The van der Waals surface area contributed by atoms with E-state index in [1.54, 1.807) is 10.6 Å². The number of carbonyl (C=O) groups excluding carboxylic acids is 1. The predicted octanol–water partition coefficient (Wildman–Crippen LogP) is 5.61. The van der Waals surface area contributed by atoms with Crippen molar-refractivity contribution >= 4 is 28.4 Å². The van der Waals surface area contributed by atoms with Crippen LogP contribution in [0, 0.1) is 5.41 Å². The molecule has 3 aromatic rings. The predicted molar refractivity (Wildman–Crippen MR) is 121 cm³/mol. The number of thioether (sulfide) groups is 1. The summed E-state index contributed by atoms with van der Waals surface area (Å²) in [7, 11) is 0. The maximum atomic E-state index is 13.3. The maximum Gasteiger partial charge on any atom is 0.266 e. The number of benzene rings is 2. The number of nitrogens with zero attached hydrogens (tertiary/aromatic N) is 2. The molecule has 1 aromatic heterocycles. The molecule has 0 N–H and O–H groups in total. The topological polar surface area (TPSA) is 52.0 Å². The SMILES string of the molecule is CC[C@H](C)c1ccc(-n2c(SCC(=O)C(C)(C)C)nc3ccccc3c2=O)cc1. The number of hydrogen-bond donors (Lipinski definition) is 0. The van der Waals surface area contributed by atoms with E-state index in [9.17, 15) is 9.59 Å². The third kappa shape index (κ3) is 4.61. The van der Waals surface area contributed by atoms with E-state index in [4.69, 9.17) is 4.98 Å². The van der Waals surface area contributed by atoms with Crippen molar-refractivity contribution in [3.8, 4) is 5.69 Å². The van der Waals surface area contributed by atoms with Gasteiger partial charge in [-0.15, -0.1) is 0 Å². The Bertz CT molecular complexity index is 1080. The third-order valence-electron chi connectivity index (χ3n) is 5.25. The average molecular weight is 409 g/mol. The van der Waals surface area contributed by atoms with Crippen LogP contribution in [0.25, 0.3) is 16.6 Å². The molecular formula is C24H28N2O2S. The van der Waals surface area contributed by atoms with Crippen LogP contribution in [0.2, 0.25) is 0 Å². The average Bonchev–Trinajstić information content (AvgIpc) is 2.71. The molecule has 0 fully saturated rings. The molecule has 0 aliphatic rings. The lowest BCUT2D eigenvalue weighted by Crippen LogP contribution is -2.25. The normalized spacial score (nSPS) is 12.9. The van der Waals surface area contributed by atoms with Crippen molar-refractivity contribution in [1.82, 2.24) is 9.55 Å². The first kappa shape index (κ1) is 21.3. The molecule has 0 unspecified atom stereocenters. The highest BCUT2D eigenvalue weighted by Gasteiger charge is 2.22. The van der Waals surface area contributed by atoms with Crippen LogP contribution in [0.5, 0.6) is 0 Å². The van der Waals surface area contributed by atoms with Crippen molar-refractivity contribution in [2.45, 2.75) is 52.1 Å². The summed E-state index contributed by atoms with van der Waals surface area (Å²) in [5.74, 6) is 0.872. The molecule has 0 aliphatic carbocycles. The number of aromatic nitrogens is 2. The van der Waals surface area contributed by atoms with Crippen molar-refractivity contribution in [3.05, 3.63) is 64.4 Å². The second-order valence-corrected chi connectivity index (χ2v) is 9.36. The van der Waals surface area contributed by atoms with E-state index in [-0.39, 0.29) is 17.1 Å². The molecule has 2 aromatic carbocycles. The summed E-state index contributed by atoms with van der Waals surface area (Å²) >= 11 is 1.32. The Morgan fingerprint density at radius 2 is 1.76 bits per heavy atom. The van der Waals surface area contributed by atoms with Crippen LogP contribution in [0.1, 0.15) is 52.5 Å². The first-order valence-corrected chi connectivity index (χ1v) is 11.0. The van der Waals surface area contributed by atoms with Crippen LogP contribution in [0.15, 0.2) is 58.5 Å². The molecule has 0 spiro atoms. The first-order valence-electron chi connectivity index (χ1n) is 10.0. The fourth-order valence-corrected chi connectivity index (χ4v) is 4.14. The lowest BCUT2D eigenvalue weighted by molar-refractivity contribution is -0.123. The van der Waals surface area contributed by atoms with Gasteiger partial charge in [-0.05, 0) is 42.2 Å². The van der Waals surface area contributed by atoms with Gasteiger partial charge in [0.25, 0.3) is 5.56 Å². The fourth-order valence-electron chi connectivity index (χ4n) is 2.97. The monoisotopic (exact) mass is 408 g/mol. The van der Waals surface area contributed by atoms with Gasteiger partial charge in [0.1, 0.15) is 5.78 Å². The molecule has 0 radical (unpaired) electrons. The molecule has 0 saturated carbocycles. The minimum absolute atomic E-state index is 0.113. The Balaban J connectivity index is 2.09. The van der Waals surface area contributed by atoms with Gasteiger partial charge in [-0.3, -0.25) is 14.2 Å². The lowest BCUT2D eigenvalue weighted by atomic mass is 9.92. The van der Waals surface area contributed by atoms with Gasteiger partial charge in [0.15, 0.2) is 5.16 Å². The number of rotatable bonds is 6. The Labute approximate surface area is 176 Å². The number of carbonyl (C=O) groups is 1. The number of ketones is 1. The minimum atomic E-state index is -0.424. The number of para-hydroxylation sites is 1. The number of Topliss-reactive ketones (excluding diaryl/α,β-unsaturated/α-hetero) is 1. The van der Waals surface area contributed by atoms with E-state index in [0.29, 0.717) is 22.0 Å². The van der Waals surface area contributed by atoms with Gasteiger partial charge >= 0.3 is 0 Å². The van der Waals surface area contributed by atoms with Crippen LogP contribution < -0.4 is 5.56 Å². The second kappa shape index (κ2) is 8.54. The van der Waals surface area contributed by atoms with Gasteiger partial charge < -0.3 is 0 Å². The van der Waals surface area contributed by atoms with Crippen LogP contribution in [-0.4, -0.2) is 21.1 Å². The standard InChI is InChI=1S/C24H28N2O2S/c1-6-16(2)17-11-13-18(14-12-17)26-22(28)19-9-7-8-10-20(19)25-23(26)29-15-21(27)24(3,4)5/h7-14,16H,6,15H2,1-5H3/t16-/m0/s1. The fraction of sp³-hybridized carbons (Fsp3) is 0.375. The zero-order valence-electron chi connectivity index (χ0n) is 17.7. The van der Waals surface area contributed by atoms with Crippen LogP contribution in [-0.2, 0) is 4.79 Å². The number of hydrogen-bond acceptors (Lipinski definition) is 4. The number of fused-ring (bicyclic) bond motifs is 1. The summed E-state index contributed by atoms with van der Waals surface area (Å²) in [6.07, 6.45) is 1.06. The van der Waals surface area contributed by atoms with Crippen molar-refractivity contribution in [3.63, 3.8) is 0 Å². The molecule has 1 atom stereocenters. The van der Waals surface area contributed by atoms with E-state index in [0.717, 1.165) is 12.1 Å². The van der Waals surface area contributed by atoms with E-state index in [1.165, 1.54) is 17.3 Å². The van der Waals surface area contributed by atoms with Crippen LogP contribution in [0.3, 0.4) is 0 Å². The summed E-state index contributed by atoms with van der Waals surface area (Å²) in [5.41, 5.74) is 2.13. The highest BCUT2D eigenvalue weighted by Crippen LogP contribution is 2.26. The Morgan fingerprint density at radius 1 is 1.10 bits per heavy atom. The van der Waals surface area contributed by atoms with Gasteiger partial charge in [0, 0.05) is 5.41 Å². The molecule has 3 rings (SSSR count). The molecule has 1 heterocycles. The maximum absolute atomic E-state index is 13.3. The molecule has 0 saturated heterocycles. The van der Waals surface area contributed by atoms with Crippen LogP contribution >= 0.6 is 11.8 Å². The van der Waals surface area contributed by atoms with E-state index in [1.807, 2.05) is 51.1 Å². The third-order valence-corrected chi connectivity index (χ3v) is 6.19.